The van der Waals surface area contributed by atoms with E-state index in [0.717, 1.165) is 18.2 Å². The highest BCUT2D eigenvalue weighted by atomic mass is 19.1. The number of hydrogen-bond donors (Lipinski definition) is 2. The Bertz CT molecular complexity index is 629. The molecule has 1 aromatic carbocycles. The highest BCUT2D eigenvalue weighted by molar-refractivity contribution is 5.92. The summed E-state index contributed by atoms with van der Waals surface area (Å²) in [6, 6.07) is 2.72. The molecule has 0 aliphatic heterocycles. The second-order valence-electron chi connectivity index (χ2n) is 6.97. The van der Waals surface area contributed by atoms with Gasteiger partial charge in [-0.1, -0.05) is 0 Å². The molecule has 0 bridgehead atoms. The Morgan fingerprint density at radius 2 is 1.92 bits per heavy atom. The van der Waals surface area contributed by atoms with Crippen molar-refractivity contribution in [3.05, 3.63) is 29.8 Å². The maximum absolute atomic E-state index is 13.6. The summed E-state index contributed by atoms with van der Waals surface area (Å²) in [5.74, 6) is -2.06. The first-order chi connectivity index (χ1) is 11.1. The Morgan fingerprint density at radius 3 is 2.58 bits per heavy atom. The molecule has 2 amide bonds. The van der Waals surface area contributed by atoms with Crippen LogP contribution in [0.5, 0.6) is 0 Å². The van der Waals surface area contributed by atoms with Gasteiger partial charge in [-0.15, -0.1) is 0 Å². The van der Waals surface area contributed by atoms with Crippen LogP contribution in [0.4, 0.5) is 19.3 Å². The lowest BCUT2D eigenvalue weighted by molar-refractivity contribution is -0.119. The van der Waals surface area contributed by atoms with Gasteiger partial charge in [-0.25, -0.2) is 13.6 Å². The number of benzene rings is 1. The standard InChI is InChI=1S/C17H22F2N2O3/c1-17(2,3)24-16(23)20-12-6-4-10(8-12)15(22)21-14-9-11(18)5-7-13(14)19/h5,7,9-10,12H,4,6,8H2,1-3H3,(H,20,23)(H,21,22). The quantitative estimate of drug-likeness (QED) is 0.883. The minimum Gasteiger partial charge on any atom is -0.444 e. The maximum Gasteiger partial charge on any atom is 0.407 e. The van der Waals surface area contributed by atoms with Crippen molar-refractivity contribution in [2.75, 3.05) is 5.32 Å². The van der Waals surface area contributed by atoms with E-state index in [-0.39, 0.29) is 23.6 Å². The van der Waals surface area contributed by atoms with Crippen LogP contribution in [-0.4, -0.2) is 23.6 Å². The second-order valence-corrected chi connectivity index (χ2v) is 6.97. The average molecular weight is 340 g/mol. The Labute approximate surface area is 139 Å². The Balaban J connectivity index is 1.87. The van der Waals surface area contributed by atoms with Gasteiger partial charge in [-0.2, -0.15) is 0 Å². The van der Waals surface area contributed by atoms with Gasteiger partial charge < -0.3 is 15.4 Å². The van der Waals surface area contributed by atoms with Crippen molar-refractivity contribution in [2.24, 2.45) is 5.92 Å². The number of carbonyl (C=O) groups is 2. The number of rotatable bonds is 3. The largest absolute Gasteiger partial charge is 0.444 e. The van der Waals surface area contributed by atoms with Gasteiger partial charge in [-0.3, -0.25) is 4.79 Å². The number of hydrogen-bond acceptors (Lipinski definition) is 3. The lowest BCUT2D eigenvalue weighted by Crippen LogP contribution is -2.38. The van der Waals surface area contributed by atoms with E-state index in [0.29, 0.717) is 19.3 Å². The minimum atomic E-state index is -0.689. The molecule has 7 heteroatoms. The van der Waals surface area contributed by atoms with E-state index in [4.69, 9.17) is 4.74 Å². The average Bonchev–Trinajstić information content (AvgIpc) is 2.89. The van der Waals surface area contributed by atoms with Crippen molar-refractivity contribution in [1.82, 2.24) is 5.32 Å². The molecule has 2 atom stereocenters. The third-order valence-corrected chi connectivity index (χ3v) is 3.71. The monoisotopic (exact) mass is 340 g/mol. The van der Waals surface area contributed by atoms with Crippen LogP contribution in [-0.2, 0) is 9.53 Å². The summed E-state index contributed by atoms with van der Waals surface area (Å²) >= 11 is 0. The Kier molecular flexibility index (Phi) is 5.41. The van der Waals surface area contributed by atoms with Gasteiger partial charge >= 0.3 is 6.09 Å². The highest BCUT2D eigenvalue weighted by Gasteiger charge is 2.32. The molecule has 0 aromatic heterocycles. The van der Waals surface area contributed by atoms with Gasteiger partial charge in [0.1, 0.15) is 17.2 Å². The zero-order valence-corrected chi connectivity index (χ0v) is 14.0. The fraction of sp³-hybridized carbons (Fsp3) is 0.529. The molecule has 2 rings (SSSR count). The molecule has 1 aliphatic carbocycles. The molecule has 1 saturated carbocycles. The topological polar surface area (TPSA) is 67.4 Å². The van der Waals surface area contributed by atoms with Crippen LogP contribution < -0.4 is 10.6 Å². The molecule has 1 aliphatic rings. The van der Waals surface area contributed by atoms with Crippen molar-refractivity contribution in [3.63, 3.8) is 0 Å². The third-order valence-electron chi connectivity index (χ3n) is 3.71. The third kappa shape index (κ3) is 5.18. The Morgan fingerprint density at radius 1 is 1.21 bits per heavy atom. The second kappa shape index (κ2) is 7.15. The number of halogens is 2. The van der Waals surface area contributed by atoms with E-state index < -0.39 is 23.3 Å². The van der Waals surface area contributed by atoms with E-state index in [2.05, 4.69) is 10.6 Å². The number of alkyl carbamates (subject to hydrolysis) is 1. The molecule has 1 fully saturated rings. The molecule has 0 saturated heterocycles. The molecule has 0 heterocycles. The number of nitrogens with one attached hydrogen (secondary N) is 2. The number of carbonyl (C=O) groups excluding carboxylic acids is 2. The summed E-state index contributed by atoms with van der Waals surface area (Å²) in [5.41, 5.74) is -0.766. The van der Waals surface area contributed by atoms with E-state index >= 15 is 0 Å². The molecule has 132 valence electrons. The van der Waals surface area contributed by atoms with Crippen molar-refractivity contribution in [1.29, 1.82) is 0 Å². The maximum atomic E-state index is 13.6. The summed E-state index contributed by atoms with van der Waals surface area (Å²) in [7, 11) is 0. The molecular weight excluding hydrogens is 318 g/mol. The molecule has 1 aromatic rings. The first-order valence-corrected chi connectivity index (χ1v) is 7.89. The summed E-state index contributed by atoms with van der Waals surface area (Å²) in [5, 5.41) is 5.14. The highest BCUT2D eigenvalue weighted by Crippen LogP contribution is 2.28. The van der Waals surface area contributed by atoms with Gasteiger partial charge in [0, 0.05) is 18.0 Å². The smallest absolute Gasteiger partial charge is 0.407 e. The predicted octanol–water partition coefficient (Wildman–Crippen LogP) is 3.60. The van der Waals surface area contributed by atoms with Gasteiger partial charge in [0.05, 0.1) is 5.69 Å². The molecular formula is C17H22F2N2O3. The van der Waals surface area contributed by atoms with E-state index in [1.54, 1.807) is 20.8 Å². The van der Waals surface area contributed by atoms with E-state index in [1.165, 1.54) is 0 Å². The van der Waals surface area contributed by atoms with Crippen molar-refractivity contribution >= 4 is 17.7 Å². The van der Waals surface area contributed by atoms with Crippen LogP contribution in [0.3, 0.4) is 0 Å². The van der Waals surface area contributed by atoms with E-state index in [1.807, 2.05) is 0 Å². The van der Waals surface area contributed by atoms with Crippen molar-refractivity contribution in [3.8, 4) is 0 Å². The summed E-state index contributed by atoms with van der Waals surface area (Å²) < 4.78 is 31.9. The minimum absolute atomic E-state index is 0.173. The Hall–Kier alpha value is -2.18. The van der Waals surface area contributed by atoms with Gasteiger partial charge in [-0.05, 0) is 52.2 Å². The van der Waals surface area contributed by atoms with Crippen LogP contribution in [0, 0.1) is 17.6 Å². The van der Waals surface area contributed by atoms with Crippen LogP contribution in [0.1, 0.15) is 40.0 Å². The molecule has 5 nitrogen and oxygen atoms in total. The first kappa shape index (κ1) is 18.2. The molecule has 2 unspecified atom stereocenters. The van der Waals surface area contributed by atoms with Crippen molar-refractivity contribution < 1.29 is 23.1 Å². The number of ether oxygens (including phenoxy) is 1. The number of amides is 2. The fourth-order valence-corrected chi connectivity index (χ4v) is 2.65. The summed E-state index contributed by atoms with van der Waals surface area (Å²) in [4.78, 5) is 23.9. The van der Waals surface area contributed by atoms with Crippen LogP contribution in [0.2, 0.25) is 0 Å². The molecule has 0 spiro atoms. The van der Waals surface area contributed by atoms with Gasteiger partial charge in [0.2, 0.25) is 5.91 Å². The molecule has 2 N–H and O–H groups in total. The normalized spacial score (nSPS) is 20.5. The lowest BCUT2D eigenvalue weighted by Gasteiger charge is -2.21. The predicted molar refractivity (Wildman–Crippen MR) is 85.5 cm³/mol. The molecule has 0 radical (unpaired) electrons. The van der Waals surface area contributed by atoms with Gasteiger partial charge in [0.15, 0.2) is 0 Å². The van der Waals surface area contributed by atoms with Crippen LogP contribution >= 0.6 is 0 Å². The summed E-state index contributed by atoms with van der Waals surface area (Å²) in [6.07, 6.45) is 1.10. The van der Waals surface area contributed by atoms with Crippen LogP contribution in [0.15, 0.2) is 18.2 Å². The molecule has 24 heavy (non-hydrogen) atoms. The zero-order valence-electron chi connectivity index (χ0n) is 14.0. The van der Waals surface area contributed by atoms with E-state index in [9.17, 15) is 18.4 Å². The van der Waals surface area contributed by atoms with Crippen LogP contribution in [0.25, 0.3) is 0 Å². The summed E-state index contributed by atoms with van der Waals surface area (Å²) in [6.45, 7) is 5.31. The fourth-order valence-electron chi connectivity index (χ4n) is 2.65. The number of anilines is 1. The van der Waals surface area contributed by atoms with Gasteiger partial charge in [0.25, 0.3) is 0 Å². The SMILES string of the molecule is CC(C)(C)OC(=O)NC1CCC(C(=O)Nc2cc(F)ccc2F)C1. The first-order valence-electron chi connectivity index (χ1n) is 7.89. The zero-order chi connectivity index (χ0) is 17.9. The van der Waals surface area contributed by atoms with Crippen molar-refractivity contribution in [2.45, 2.75) is 51.7 Å². The lowest BCUT2D eigenvalue weighted by atomic mass is 10.1.